The van der Waals surface area contributed by atoms with Gasteiger partial charge in [0, 0.05) is 35.0 Å². The standard InChI is InChI=1S/C15H13ClN4OS/c1-9-4-14(21)20-15(11-7-22-8-12(11)18-20)19(9)6-10-2-3-13(16)17-5-10/h2-5H,6-8H2,1H3. The van der Waals surface area contributed by atoms with Gasteiger partial charge in [0.2, 0.25) is 0 Å². The van der Waals surface area contributed by atoms with Crippen molar-refractivity contribution in [3.8, 4) is 0 Å². The third-order valence-electron chi connectivity index (χ3n) is 3.88. The predicted molar refractivity (Wildman–Crippen MR) is 87.5 cm³/mol. The zero-order chi connectivity index (χ0) is 15.3. The molecule has 3 aromatic rings. The second-order valence-electron chi connectivity index (χ2n) is 5.35. The lowest BCUT2D eigenvalue weighted by atomic mass is 10.2. The van der Waals surface area contributed by atoms with Crippen LogP contribution in [0.2, 0.25) is 5.15 Å². The molecule has 0 spiro atoms. The summed E-state index contributed by atoms with van der Waals surface area (Å²) in [7, 11) is 0. The van der Waals surface area contributed by atoms with Crippen LogP contribution in [0.1, 0.15) is 22.5 Å². The highest BCUT2D eigenvalue weighted by Crippen LogP contribution is 2.32. The molecule has 1 aliphatic rings. The highest BCUT2D eigenvalue weighted by molar-refractivity contribution is 7.98. The zero-order valence-electron chi connectivity index (χ0n) is 11.9. The van der Waals surface area contributed by atoms with Gasteiger partial charge in [-0.1, -0.05) is 17.7 Å². The summed E-state index contributed by atoms with van der Waals surface area (Å²) in [6, 6.07) is 5.36. The average molecular weight is 333 g/mol. The quantitative estimate of drug-likeness (QED) is 0.677. The van der Waals surface area contributed by atoms with Crippen LogP contribution in [-0.4, -0.2) is 19.2 Å². The van der Waals surface area contributed by atoms with Gasteiger partial charge in [0.25, 0.3) is 5.56 Å². The van der Waals surface area contributed by atoms with Crippen molar-refractivity contribution < 1.29 is 0 Å². The number of aryl methyl sites for hydroxylation is 1. The monoisotopic (exact) mass is 332 g/mol. The van der Waals surface area contributed by atoms with Gasteiger partial charge in [-0.2, -0.15) is 21.4 Å². The van der Waals surface area contributed by atoms with Gasteiger partial charge in [-0.3, -0.25) is 4.79 Å². The van der Waals surface area contributed by atoms with Gasteiger partial charge in [0.15, 0.2) is 0 Å². The SMILES string of the molecule is Cc1cc(=O)n2nc3c(c2n1Cc1ccc(Cl)nc1)CSC3. The molecule has 0 amide bonds. The lowest BCUT2D eigenvalue weighted by Gasteiger charge is -2.13. The number of pyridine rings is 1. The second-order valence-corrected chi connectivity index (χ2v) is 6.73. The highest BCUT2D eigenvalue weighted by atomic mass is 35.5. The minimum absolute atomic E-state index is 0.0719. The van der Waals surface area contributed by atoms with Crippen molar-refractivity contribution in [2.75, 3.05) is 0 Å². The number of hydrogen-bond acceptors (Lipinski definition) is 4. The van der Waals surface area contributed by atoms with E-state index in [-0.39, 0.29) is 5.56 Å². The Bertz CT molecular complexity index is 929. The Morgan fingerprint density at radius 2 is 2.23 bits per heavy atom. The molecule has 0 saturated carbocycles. The summed E-state index contributed by atoms with van der Waals surface area (Å²) in [4.78, 5) is 16.3. The Labute approximate surface area is 135 Å². The fraction of sp³-hybridized carbons (Fsp3) is 0.267. The van der Waals surface area contributed by atoms with Crippen LogP contribution < -0.4 is 5.56 Å². The number of thioether (sulfide) groups is 1. The number of halogens is 1. The Morgan fingerprint density at radius 1 is 1.36 bits per heavy atom. The van der Waals surface area contributed by atoms with E-state index in [1.54, 1.807) is 18.3 Å². The average Bonchev–Trinajstić information content (AvgIpc) is 3.06. The number of hydrogen-bond donors (Lipinski definition) is 0. The van der Waals surface area contributed by atoms with Gasteiger partial charge in [0.1, 0.15) is 10.8 Å². The first kappa shape index (κ1) is 13.8. The number of fused-ring (bicyclic) bond motifs is 3. The molecule has 5 nitrogen and oxygen atoms in total. The molecular formula is C15H13ClN4OS. The molecular weight excluding hydrogens is 320 g/mol. The van der Waals surface area contributed by atoms with Crippen LogP contribution in [0.5, 0.6) is 0 Å². The molecule has 0 fully saturated rings. The first-order chi connectivity index (χ1) is 10.6. The lowest BCUT2D eigenvalue weighted by molar-refractivity contribution is 0.732. The number of rotatable bonds is 2. The van der Waals surface area contributed by atoms with Crippen LogP contribution in [-0.2, 0) is 18.1 Å². The predicted octanol–water partition coefficient (Wildman–Crippen LogP) is 2.65. The van der Waals surface area contributed by atoms with Crippen molar-refractivity contribution in [3.63, 3.8) is 0 Å². The van der Waals surface area contributed by atoms with Crippen LogP contribution in [0, 0.1) is 6.92 Å². The van der Waals surface area contributed by atoms with Crippen molar-refractivity contribution in [1.29, 1.82) is 0 Å². The van der Waals surface area contributed by atoms with Gasteiger partial charge in [-0.25, -0.2) is 4.98 Å². The summed E-state index contributed by atoms with van der Waals surface area (Å²) in [6.45, 7) is 2.59. The summed E-state index contributed by atoms with van der Waals surface area (Å²) >= 11 is 7.68. The van der Waals surface area contributed by atoms with E-state index < -0.39 is 0 Å². The molecule has 0 saturated heterocycles. The fourth-order valence-electron chi connectivity index (χ4n) is 2.80. The molecule has 3 aromatic heterocycles. The molecule has 0 aromatic carbocycles. The maximum Gasteiger partial charge on any atom is 0.274 e. The summed E-state index contributed by atoms with van der Waals surface area (Å²) in [6.07, 6.45) is 1.77. The third kappa shape index (κ3) is 2.14. The second kappa shape index (κ2) is 5.14. The molecule has 4 rings (SSSR count). The van der Waals surface area contributed by atoms with E-state index in [9.17, 15) is 4.79 Å². The van der Waals surface area contributed by atoms with Gasteiger partial charge in [-0.15, -0.1) is 0 Å². The summed E-state index contributed by atoms with van der Waals surface area (Å²) < 4.78 is 3.66. The van der Waals surface area contributed by atoms with E-state index >= 15 is 0 Å². The molecule has 4 heterocycles. The summed E-state index contributed by atoms with van der Waals surface area (Å²) in [5, 5.41) is 4.95. The zero-order valence-corrected chi connectivity index (χ0v) is 13.5. The van der Waals surface area contributed by atoms with Gasteiger partial charge in [-0.05, 0) is 18.6 Å². The maximum atomic E-state index is 12.2. The molecule has 22 heavy (non-hydrogen) atoms. The molecule has 1 aliphatic heterocycles. The Kier molecular flexibility index (Phi) is 3.23. The van der Waals surface area contributed by atoms with Crippen LogP contribution in [0.25, 0.3) is 5.65 Å². The number of nitrogens with zero attached hydrogens (tertiary/aromatic N) is 4. The van der Waals surface area contributed by atoms with E-state index in [1.165, 1.54) is 10.1 Å². The van der Waals surface area contributed by atoms with Crippen molar-refractivity contribution in [3.05, 3.63) is 62.4 Å². The van der Waals surface area contributed by atoms with Crippen molar-refractivity contribution in [2.45, 2.75) is 25.0 Å². The largest absolute Gasteiger partial charge is 0.325 e. The molecule has 0 aliphatic carbocycles. The highest BCUT2D eigenvalue weighted by Gasteiger charge is 2.22. The smallest absolute Gasteiger partial charge is 0.274 e. The lowest BCUT2D eigenvalue weighted by Crippen LogP contribution is -2.21. The molecule has 112 valence electrons. The Morgan fingerprint density at radius 3 is 3.00 bits per heavy atom. The van der Waals surface area contributed by atoms with Crippen molar-refractivity contribution in [1.82, 2.24) is 19.2 Å². The summed E-state index contributed by atoms with van der Waals surface area (Å²) in [5.74, 6) is 1.78. The van der Waals surface area contributed by atoms with E-state index in [1.807, 2.05) is 24.8 Å². The molecule has 0 atom stereocenters. The van der Waals surface area contributed by atoms with E-state index in [2.05, 4.69) is 14.6 Å². The minimum Gasteiger partial charge on any atom is -0.325 e. The first-order valence-corrected chi connectivity index (χ1v) is 8.46. The molecule has 7 heteroatoms. The molecule has 0 radical (unpaired) electrons. The van der Waals surface area contributed by atoms with E-state index in [0.717, 1.165) is 34.1 Å². The third-order valence-corrected chi connectivity index (χ3v) is 5.07. The normalized spacial score (nSPS) is 13.7. The van der Waals surface area contributed by atoms with Gasteiger partial charge >= 0.3 is 0 Å². The van der Waals surface area contributed by atoms with Crippen LogP contribution in [0.15, 0.2) is 29.2 Å². The maximum absolute atomic E-state index is 12.2. The first-order valence-electron chi connectivity index (χ1n) is 6.92. The minimum atomic E-state index is -0.0719. The van der Waals surface area contributed by atoms with Crippen LogP contribution in [0.3, 0.4) is 0 Å². The molecule has 0 unspecified atom stereocenters. The topological polar surface area (TPSA) is 52.2 Å². The van der Waals surface area contributed by atoms with Crippen LogP contribution >= 0.6 is 23.4 Å². The number of aromatic nitrogens is 4. The van der Waals surface area contributed by atoms with E-state index in [4.69, 9.17) is 11.6 Å². The van der Waals surface area contributed by atoms with E-state index in [0.29, 0.717) is 11.7 Å². The van der Waals surface area contributed by atoms with Crippen molar-refractivity contribution in [2.24, 2.45) is 0 Å². The summed E-state index contributed by atoms with van der Waals surface area (Å²) in [5.41, 5.74) is 4.99. The molecule has 0 N–H and O–H groups in total. The van der Waals surface area contributed by atoms with Crippen LogP contribution in [0.4, 0.5) is 0 Å². The van der Waals surface area contributed by atoms with Gasteiger partial charge < -0.3 is 4.57 Å². The Hall–Kier alpha value is -1.79. The molecule has 0 bridgehead atoms. The van der Waals surface area contributed by atoms with Gasteiger partial charge in [0.05, 0.1) is 12.2 Å². The Balaban J connectivity index is 1.92. The fourth-order valence-corrected chi connectivity index (χ4v) is 3.94. The van der Waals surface area contributed by atoms with Crippen molar-refractivity contribution >= 4 is 29.0 Å².